The second kappa shape index (κ2) is 10.1. The summed E-state index contributed by atoms with van der Waals surface area (Å²) in [7, 11) is 0. The zero-order valence-electron chi connectivity index (χ0n) is 21.2. The zero-order valence-corrected chi connectivity index (χ0v) is 21.2. The van der Waals surface area contributed by atoms with E-state index in [0.29, 0.717) is 42.7 Å². The van der Waals surface area contributed by atoms with Crippen LogP contribution in [0.4, 0.5) is 4.39 Å². The molecule has 8 heteroatoms. The summed E-state index contributed by atoms with van der Waals surface area (Å²) < 4.78 is 15.0. The number of hydrogen-bond donors (Lipinski definition) is 1. The lowest BCUT2D eigenvalue weighted by atomic mass is 10.0. The highest BCUT2D eigenvalue weighted by atomic mass is 19.1. The van der Waals surface area contributed by atoms with Crippen LogP contribution in [0.2, 0.25) is 0 Å². The molecule has 2 aromatic heterocycles. The Kier molecular flexibility index (Phi) is 6.74. The SMILES string of the molecule is Cc1ccccc1-c1cc(C(=O)N2CCC(NC(=O)c3ccc(F)cc3)CC2)c2cnn(C(C)C)c2n1. The fourth-order valence-corrected chi connectivity index (χ4v) is 4.84. The molecule has 7 nitrogen and oxygen atoms in total. The number of fused-ring (bicyclic) bond motifs is 1. The number of hydrogen-bond acceptors (Lipinski definition) is 4. The number of halogens is 1. The number of nitrogens with zero attached hydrogens (tertiary/aromatic N) is 4. The molecule has 0 atom stereocenters. The number of likely N-dealkylation sites (tertiary alicyclic amines) is 1. The third kappa shape index (κ3) is 4.96. The first-order valence-electron chi connectivity index (χ1n) is 12.6. The van der Waals surface area contributed by atoms with Gasteiger partial charge in [0, 0.05) is 36.3 Å². The van der Waals surface area contributed by atoms with Gasteiger partial charge in [-0.25, -0.2) is 14.1 Å². The van der Waals surface area contributed by atoms with Crippen molar-refractivity contribution in [3.05, 3.63) is 83.3 Å². The lowest BCUT2D eigenvalue weighted by molar-refractivity contribution is 0.0700. The summed E-state index contributed by atoms with van der Waals surface area (Å²) in [5.74, 6) is -0.670. The highest BCUT2D eigenvalue weighted by molar-refractivity contribution is 6.06. The molecule has 1 saturated heterocycles. The summed E-state index contributed by atoms with van der Waals surface area (Å²) in [6, 6.07) is 15.4. The zero-order chi connectivity index (χ0) is 26.1. The van der Waals surface area contributed by atoms with Crippen molar-refractivity contribution >= 4 is 22.8 Å². The Morgan fingerprint density at radius 3 is 2.43 bits per heavy atom. The van der Waals surface area contributed by atoms with Crippen LogP contribution in [-0.4, -0.2) is 50.6 Å². The summed E-state index contributed by atoms with van der Waals surface area (Å²) in [4.78, 5) is 33.1. The van der Waals surface area contributed by atoms with Crippen LogP contribution in [-0.2, 0) is 0 Å². The van der Waals surface area contributed by atoms with Crippen molar-refractivity contribution in [1.82, 2.24) is 25.0 Å². The van der Waals surface area contributed by atoms with Crippen molar-refractivity contribution in [2.24, 2.45) is 0 Å². The third-order valence-electron chi connectivity index (χ3n) is 6.93. The molecule has 4 aromatic rings. The maximum Gasteiger partial charge on any atom is 0.254 e. The highest BCUT2D eigenvalue weighted by Gasteiger charge is 2.27. The number of carbonyl (C=O) groups is 2. The summed E-state index contributed by atoms with van der Waals surface area (Å²) in [6.45, 7) is 7.17. The van der Waals surface area contributed by atoms with E-state index in [4.69, 9.17) is 4.98 Å². The van der Waals surface area contributed by atoms with Crippen molar-refractivity contribution in [2.75, 3.05) is 13.1 Å². The van der Waals surface area contributed by atoms with E-state index in [1.165, 1.54) is 24.3 Å². The van der Waals surface area contributed by atoms with Crippen molar-refractivity contribution < 1.29 is 14.0 Å². The monoisotopic (exact) mass is 499 g/mol. The molecule has 5 rings (SSSR count). The summed E-state index contributed by atoms with van der Waals surface area (Å²) in [5.41, 5.74) is 4.52. The van der Waals surface area contributed by atoms with E-state index in [0.717, 1.165) is 22.2 Å². The van der Waals surface area contributed by atoms with Crippen LogP contribution in [0.5, 0.6) is 0 Å². The molecular weight excluding hydrogens is 469 g/mol. The van der Waals surface area contributed by atoms with Gasteiger partial charge in [0.1, 0.15) is 5.82 Å². The Bertz CT molecular complexity index is 1450. The van der Waals surface area contributed by atoms with Gasteiger partial charge in [-0.1, -0.05) is 24.3 Å². The van der Waals surface area contributed by atoms with Gasteiger partial charge < -0.3 is 10.2 Å². The van der Waals surface area contributed by atoms with Gasteiger partial charge in [-0.05, 0) is 69.5 Å². The van der Waals surface area contributed by atoms with Gasteiger partial charge in [0.05, 0.1) is 22.8 Å². The van der Waals surface area contributed by atoms with Gasteiger partial charge in [0.2, 0.25) is 0 Å². The fourth-order valence-electron chi connectivity index (χ4n) is 4.84. The molecule has 2 amide bonds. The third-order valence-corrected chi connectivity index (χ3v) is 6.93. The van der Waals surface area contributed by atoms with Gasteiger partial charge in [-0.15, -0.1) is 0 Å². The summed E-state index contributed by atoms with van der Waals surface area (Å²) in [6.07, 6.45) is 3.01. The number of amides is 2. The van der Waals surface area contributed by atoms with E-state index in [1.54, 1.807) is 6.20 Å². The molecule has 2 aromatic carbocycles. The van der Waals surface area contributed by atoms with Crippen LogP contribution >= 0.6 is 0 Å². The topological polar surface area (TPSA) is 80.1 Å². The number of rotatable bonds is 5. The minimum Gasteiger partial charge on any atom is -0.349 e. The number of aromatic nitrogens is 3. The second-order valence-corrected chi connectivity index (χ2v) is 9.84. The molecule has 1 fully saturated rings. The smallest absolute Gasteiger partial charge is 0.254 e. The number of nitrogens with one attached hydrogen (secondary N) is 1. The van der Waals surface area contributed by atoms with Gasteiger partial charge in [-0.2, -0.15) is 5.10 Å². The van der Waals surface area contributed by atoms with Crippen LogP contribution in [0.1, 0.15) is 59.0 Å². The standard InChI is InChI=1S/C29H30FN5O2/c1-18(2)35-27-25(17-31-35)24(16-26(33-27)23-7-5-4-6-19(23)3)29(37)34-14-12-22(13-15-34)32-28(36)20-8-10-21(30)11-9-20/h4-11,16-18,22H,12-15H2,1-3H3,(H,32,36). The summed E-state index contributed by atoms with van der Waals surface area (Å²) in [5, 5.41) is 8.28. The van der Waals surface area contributed by atoms with Crippen molar-refractivity contribution in [3.63, 3.8) is 0 Å². The summed E-state index contributed by atoms with van der Waals surface area (Å²) >= 11 is 0. The Morgan fingerprint density at radius 2 is 1.76 bits per heavy atom. The first-order valence-corrected chi connectivity index (χ1v) is 12.6. The largest absolute Gasteiger partial charge is 0.349 e. The minimum atomic E-state index is -0.377. The number of piperidine rings is 1. The highest BCUT2D eigenvalue weighted by Crippen LogP contribution is 2.29. The van der Waals surface area contributed by atoms with Crippen LogP contribution in [0, 0.1) is 12.7 Å². The number of carbonyl (C=O) groups excluding carboxylic acids is 2. The molecule has 1 aliphatic rings. The molecule has 37 heavy (non-hydrogen) atoms. The lowest BCUT2D eigenvalue weighted by Gasteiger charge is -2.32. The maximum atomic E-state index is 13.8. The van der Waals surface area contributed by atoms with E-state index in [-0.39, 0.29) is 29.7 Å². The van der Waals surface area contributed by atoms with Crippen LogP contribution in [0.3, 0.4) is 0 Å². The average molecular weight is 500 g/mol. The van der Waals surface area contributed by atoms with E-state index < -0.39 is 0 Å². The molecule has 1 N–H and O–H groups in total. The average Bonchev–Trinajstić information content (AvgIpc) is 3.33. The number of benzene rings is 2. The van der Waals surface area contributed by atoms with Gasteiger partial charge in [-0.3, -0.25) is 9.59 Å². The van der Waals surface area contributed by atoms with Crippen LogP contribution < -0.4 is 5.32 Å². The van der Waals surface area contributed by atoms with E-state index in [1.807, 2.05) is 60.7 Å². The molecule has 3 heterocycles. The Labute approximate surface area is 215 Å². The first-order chi connectivity index (χ1) is 17.8. The quantitative estimate of drug-likeness (QED) is 0.411. The predicted octanol–water partition coefficient (Wildman–Crippen LogP) is 5.16. The molecule has 0 bridgehead atoms. The maximum absolute atomic E-state index is 13.8. The second-order valence-electron chi connectivity index (χ2n) is 9.84. The molecule has 1 aliphatic heterocycles. The molecule has 0 unspecified atom stereocenters. The number of aryl methyl sites for hydroxylation is 1. The van der Waals surface area contributed by atoms with Crippen molar-refractivity contribution in [2.45, 2.75) is 45.7 Å². The normalized spacial score (nSPS) is 14.4. The van der Waals surface area contributed by atoms with E-state index >= 15 is 0 Å². The van der Waals surface area contributed by atoms with Gasteiger partial charge in [0.25, 0.3) is 11.8 Å². The Hall–Kier alpha value is -4.07. The Morgan fingerprint density at radius 1 is 1.05 bits per heavy atom. The first kappa shape index (κ1) is 24.6. The minimum absolute atomic E-state index is 0.0507. The van der Waals surface area contributed by atoms with E-state index in [2.05, 4.69) is 10.4 Å². The molecule has 190 valence electrons. The molecule has 0 saturated carbocycles. The lowest BCUT2D eigenvalue weighted by Crippen LogP contribution is -2.46. The number of pyridine rings is 1. The van der Waals surface area contributed by atoms with Gasteiger partial charge in [0.15, 0.2) is 5.65 Å². The van der Waals surface area contributed by atoms with Crippen LogP contribution in [0.15, 0.2) is 60.8 Å². The predicted molar refractivity (Wildman–Crippen MR) is 141 cm³/mol. The molecule has 0 spiro atoms. The van der Waals surface area contributed by atoms with E-state index in [9.17, 15) is 14.0 Å². The molecule has 0 aliphatic carbocycles. The Balaban J connectivity index is 1.38. The van der Waals surface area contributed by atoms with Crippen molar-refractivity contribution in [1.29, 1.82) is 0 Å². The van der Waals surface area contributed by atoms with Crippen LogP contribution in [0.25, 0.3) is 22.3 Å². The fraction of sp³-hybridized carbons (Fsp3) is 0.310. The van der Waals surface area contributed by atoms with Crippen molar-refractivity contribution in [3.8, 4) is 11.3 Å². The molecule has 0 radical (unpaired) electrons. The molecular formula is C29H30FN5O2. The van der Waals surface area contributed by atoms with Gasteiger partial charge >= 0.3 is 0 Å².